The van der Waals surface area contributed by atoms with Crippen molar-refractivity contribution in [3.05, 3.63) is 0 Å². The van der Waals surface area contributed by atoms with Gasteiger partial charge in [0, 0.05) is 6.42 Å². The molecule has 0 radical (unpaired) electrons. The average Bonchev–Trinajstić information content (AvgIpc) is 2.13. The van der Waals surface area contributed by atoms with Crippen molar-refractivity contribution in [2.45, 2.75) is 32.6 Å². The third-order valence-corrected chi connectivity index (χ3v) is 2.47. The third kappa shape index (κ3) is 8.72. The van der Waals surface area contributed by atoms with Gasteiger partial charge in [0.1, 0.15) is 0 Å². The van der Waals surface area contributed by atoms with Gasteiger partial charge in [-0.15, -0.1) is 0 Å². The van der Waals surface area contributed by atoms with Crippen LogP contribution in [0.15, 0.2) is 0 Å². The molecule has 0 aliphatic rings. The largest absolute Gasteiger partial charge is 0.360 e. The first-order valence-corrected chi connectivity index (χ1v) is 5.87. The Kier molecular flexibility index (Phi) is 7.82. The molecule has 0 fully saturated rings. The second kappa shape index (κ2) is 7.96. The Hall–Kier alpha value is -0.260. The summed E-state index contributed by atoms with van der Waals surface area (Å²) in [6.45, 7) is 4.48. The summed E-state index contributed by atoms with van der Waals surface area (Å²) in [5.41, 5.74) is 0. The highest BCUT2D eigenvalue weighted by Crippen LogP contribution is 2.05. The van der Waals surface area contributed by atoms with Gasteiger partial charge >= 0.3 is 5.97 Å². The van der Waals surface area contributed by atoms with E-state index in [1.54, 1.807) is 0 Å². The standard InChI is InChI=1S/C10H23N2O2S/c1-4-8-12(2,3)9-6-5-7-10(13)14-11-15/h11,15H,4-9H2,1-3H3/q+1. The van der Waals surface area contributed by atoms with Crippen molar-refractivity contribution < 1.29 is 14.1 Å². The molecule has 0 aliphatic heterocycles. The van der Waals surface area contributed by atoms with Gasteiger partial charge in [0.15, 0.2) is 0 Å². The topological polar surface area (TPSA) is 38.3 Å². The number of carbonyl (C=O) groups is 1. The molecular formula is C10H23N2O2S+. The Morgan fingerprint density at radius 2 is 2.00 bits per heavy atom. The number of unbranched alkanes of at least 4 members (excludes halogenated alkanes) is 1. The van der Waals surface area contributed by atoms with Crippen molar-refractivity contribution in [1.29, 1.82) is 0 Å². The first-order chi connectivity index (χ1) is 7.02. The lowest BCUT2D eigenvalue weighted by molar-refractivity contribution is -0.890. The van der Waals surface area contributed by atoms with Crippen molar-refractivity contribution in [2.75, 3.05) is 27.2 Å². The Balaban J connectivity index is 3.49. The Morgan fingerprint density at radius 3 is 2.53 bits per heavy atom. The van der Waals surface area contributed by atoms with E-state index >= 15 is 0 Å². The minimum Gasteiger partial charge on any atom is -0.360 e. The summed E-state index contributed by atoms with van der Waals surface area (Å²) in [5.74, 6) is -0.245. The second-order valence-corrected chi connectivity index (χ2v) is 4.59. The van der Waals surface area contributed by atoms with Crippen LogP contribution in [0.4, 0.5) is 0 Å². The van der Waals surface area contributed by atoms with Crippen LogP contribution in [0.2, 0.25) is 0 Å². The van der Waals surface area contributed by atoms with Crippen LogP contribution in [-0.2, 0) is 9.63 Å². The fraction of sp³-hybridized carbons (Fsp3) is 0.900. The number of rotatable bonds is 8. The molecule has 4 nitrogen and oxygen atoms in total. The zero-order chi connectivity index (χ0) is 11.7. The van der Waals surface area contributed by atoms with Gasteiger partial charge in [0.25, 0.3) is 0 Å². The molecule has 0 aliphatic carbocycles. The lowest BCUT2D eigenvalue weighted by atomic mass is 10.2. The number of quaternary nitrogens is 1. The molecule has 1 N–H and O–H groups in total. The lowest BCUT2D eigenvalue weighted by Crippen LogP contribution is -2.40. The Bertz CT molecular complexity index is 186. The summed E-state index contributed by atoms with van der Waals surface area (Å²) in [6, 6.07) is 0. The molecule has 0 bridgehead atoms. The highest BCUT2D eigenvalue weighted by Gasteiger charge is 2.13. The Labute approximate surface area is 98.1 Å². The molecule has 0 heterocycles. The quantitative estimate of drug-likeness (QED) is 0.290. The summed E-state index contributed by atoms with van der Waals surface area (Å²) < 4.78 is 1.02. The van der Waals surface area contributed by atoms with Crippen LogP contribution >= 0.6 is 12.8 Å². The SMILES string of the molecule is CCC[N+](C)(C)CCCCC(=O)ONS. The summed E-state index contributed by atoms with van der Waals surface area (Å²) in [6.07, 6.45) is 3.58. The number of hydrogen-bond acceptors (Lipinski definition) is 4. The van der Waals surface area contributed by atoms with E-state index in [9.17, 15) is 4.79 Å². The van der Waals surface area contributed by atoms with Gasteiger partial charge in [-0.25, -0.2) is 0 Å². The molecule has 0 unspecified atom stereocenters. The van der Waals surface area contributed by atoms with Crippen molar-refractivity contribution in [3.63, 3.8) is 0 Å². The van der Waals surface area contributed by atoms with Gasteiger partial charge in [0.2, 0.25) is 0 Å². The number of nitrogens with zero attached hydrogens (tertiary/aromatic N) is 1. The summed E-state index contributed by atoms with van der Waals surface area (Å²) in [7, 11) is 4.44. The van der Waals surface area contributed by atoms with Gasteiger partial charge in [-0.3, -0.25) is 4.79 Å². The van der Waals surface area contributed by atoms with E-state index in [1.807, 2.05) is 0 Å². The van der Waals surface area contributed by atoms with Crippen LogP contribution in [0, 0.1) is 0 Å². The van der Waals surface area contributed by atoms with Crippen LogP contribution in [0.1, 0.15) is 32.6 Å². The molecule has 15 heavy (non-hydrogen) atoms. The fourth-order valence-electron chi connectivity index (χ4n) is 1.63. The number of nitrogens with one attached hydrogen (secondary N) is 1. The molecule has 0 atom stereocenters. The van der Waals surface area contributed by atoms with E-state index in [0.717, 1.165) is 23.9 Å². The third-order valence-electron chi connectivity index (χ3n) is 2.38. The molecule has 0 aromatic heterocycles. The summed E-state index contributed by atoms with van der Waals surface area (Å²) in [4.78, 5) is 17.5. The van der Waals surface area contributed by atoms with Crippen molar-refractivity contribution in [3.8, 4) is 0 Å². The lowest BCUT2D eigenvalue weighted by Gasteiger charge is -2.29. The van der Waals surface area contributed by atoms with Crippen LogP contribution in [0.3, 0.4) is 0 Å². The summed E-state index contributed by atoms with van der Waals surface area (Å²) >= 11 is 3.58. The molecule has 0 spiro atoms. The molecular weight excluding hydrogens is 212 g/mol. The normalized spacial score (nSPS) is 11.5. The monoisotopic (exact) mass is 235 g/mol. The molecule has 0 aromatic rings. The van der Waals surface area contributed by atoms with Gasteiger partial charge < -0.3 is 9.32 Å². The molecule has 0 amide bonds. The number of thiol groups is 1. The first-order valence-electron chi connectivity index (χ1n) is 5.42. The highest BCUT2D eigenvalue weighted by atomic mass is 32.1. The van der Waals surface area contributed by atoms with Gasteiger partial charge in [-0.1, -0.05) is 24.6 Å². The maximum absolute atomic E-state index is 11.0. The molecule has 0 aromatic carbocycles. The molecule has 0 rings (SSSR count). The minimum absolute atomic E-state index is 0.245. The van der Waals surface area contributed by atoms with E-state index in [4.69, 9.17) is 0 Å². The maximum Gasteiger partial charge on any atom is 0.325 e. The van der Waals surface area contributed by atoms with Gasteiger partial charge in [-0.05, 0) is 19.3 Å². The fourth-order valence-corrected chi connectivity index (χ4v) is 1.73. The maximum atomic E-state index is 11.0. The smallest absolute Gasteiger partial charge is 0.325 e. The zero-order valence-electron chi connectivity index (χ0n) is 9.95. The van der Waals surface area contributed by atoms with Gasteiger partial charge in [0.05, 0.1) is 27.2 Å². The average molecular weight is 235 g/mol. The summed E-state index contributed by atoms with van der Waals surface area (Å²) in [5, 5.41) is 0. The van der Waals surface area contributed by atoms with Crippen LogP contribution in [-0.4, -0.2) is 37.6 Å². The second-order valence-electron chi connectivity index (χ2n) is 4.41. The highest BCUT2D eigenvalue weighted by molar-refractivity contribution is 7.77. The predicted molar refractivity (Wildman–Crippen MR) is 64.2 cm³/mol. The number of hydrogen-bond donors (Lipinski definition) is 2. The van der Waals surface area contributed by atoms with Crippen molar-refractivity contribution in [1.82, 2.24) is 4.89 Å². The Morgan fingerprint density at radius 1 is 1.33 bits per heavy atom. The molecule has 0 saturated carbocycles. The first kappa shape index (κ1) is 14.7. The van der Waals surface area contributed by atoms with Crippen LogP contribution in [0.5, 0.6) is 0 Å². The van der Waals surface area contributed by atoms with E-state index in [-0.39, 0.29) is 5.97 Å². The van der Waals surface area contributed by atoms with Crippen LogP contribution < -0.4 is 4.89 Å². The molecule has 5 heteroatoms. The number of carbonyl (C=O) groups excluding carboxylic acids is 1. The van der Waals surface area contributed by atoms with E-state index < -0.39 is 0 Å². The van der Waals surface area contributed by atoms with Gasteiger partial charge in [-0.2, -0.15) is 0 Å². The van der Waals surface area contributed by atoms with Crippen molar-refractivity contribution >= 4 is 18.8 Å². The van der Waals surface area contributed by atoms with E-state index in [2.05, 4.69) is 43.6 Å². The molecule has 90 valence electrons. The predicted octanol–water partition coefficient (Wildman–Crippen LogP) is 1.54. The van der Waals surface area contributed by atoms with Crippen molar-refractivity contribution in [2.24, 2.45) is 0 Å². The zero-order valence-corrected chi connectivity index (χ0v) is 10.8. The van der Waals surface area contributed by atoms with E-state index in [0.29, 0.717) is 6.42 Å². The minimum atomic E-state index is -0.245. The van der Waals surface area contributed by atoms with E-state index in [1.165, 1.54) is 13.0 Å². The van der Waals surface area contributed by atoms with Crippen LogP contribution in [0.25, 0.3) is 0 Å². The molecule has 0 saturated heterocycles.